The molecule has 2 aromatic heterocycles. The van der Waals surface area contributed by atoms with E-state index in [0.717, 1.165) is 17.0 Å². The van der Waals surface area contributed by atoms with Gasteiger partial charge in [-0.2, -0.15) is 10.4 Å². The molecule has 2 N–H and O–H groups in total. The molecule has 0 saturated heterocycles. The smallest absolute Gasteiger partial charge is 0.144 e. The molecule has 2 aromatic rings. The maximum atomic E-state index is 8.97. The molecule has 0 spiro atoms. The average Bonchev–Trinajstić information content (AvgIpc) is 2.72. The van der Waals surface area contributed by atoms with Crippen LogP contribution in [0, 0.1) is 25.2 Å². The molecular weight excluding hydrogens is 214 g/mol. The minimum absolute atomic E-state index is 0.553. The first-order valence-corrected chi connectivity index (χ1v) is 5.31. The van der Waals surface area contributed by atoms with Gasteiger partial charge in [0.2, 0.25) is 0 Å². The Morgan fingerprint density at radius 1 is 1.41 bits per heavy atom. The molecule has 0 bridgehead atoms. The van der Waals surface area contributed by atoms with Crippen molar-refractivity contribution in [2.24, 2.45) is 0 Å². The standard InChI is InChI=1S/C12H13N5/c1-8-3-4-10(5-13)12(16-8)14-6-11-7-15-17-9(11)2/h3-4,7H,6H2,1-2H3,(H,14,16)(H,15,17). The summed E-state index contributed by atoms with van der Waals surface area (Å²) in [5.41, 5.74) is 3.52. The molecule has 0 aliphatic heterocycles. The zero-order valence-corrected chi connectivity index (χ0v) is 9.78. The molecule has 0 atom stereocenters. The van der Waals surface area contributed by atoms with Crippen molar-refractivity contribution >= 4 is 5.82 Å². The van der Waals surface area contributed by atoms with Gasteiger partial charge in [0.15, 0.2) is 0 Å². The monoisotopic (exact) mass is 227 g/mol. The van der Waals surface area contributed by atoms with E-state index in [2.05, 4.69) is 26.6 Å². The predicted molar refractivity (Wildman–Crippen MR) is 64.3 cm³/mol. The van der Waals surface area contributed by atoms with Crippen molar-refractivity contribution < 1.29 is 0 Å². The first-order chi connectivity index (χ1) is 8.20. The van der Waals surface area contributed by atoms with Gasteiger partial charge in [-0.1, -0.05) is 0 Å². The van der Waals surface area contributed by atoms with E-state index in [9.17, 15) is 0 Å². The highest BCUT2D eigenvalue weighted by Gasteiger charge is 2.05. The first kappa shape index (κ1) is 11.1. The van der Waals surface area contributed by atoms with Crippen molar-refractivity contribution in [1.29, 1.82) is 5.26 Å². The van der Waals surface area contributed by atoms with Gasteiger partial charge in [0.05, 0.1) is 11.8 Å². The van der Waals surface area contributed by atoms with Crippen LogP contribution in [-0.2, 0) is 6.54 Å². The summed E-state index contributed by atoms with van der Waals surface area (Å²) in [6.45, 7) is 4.46. The Morgan fingerprint density at radius 3 is 2.88 bits per heavy atom. The summed E-state index contributed by atoms with van der Waals surface area (Å²) in [7, 11) is 0. The summed E-state index contributed by atoms with van der Waals surface area (Å²) in [5.74, 6) is 0.619. The number of nitriles is 1. The number of aromatic amines is 1. The molecule has 86 valence electrons. The summed E-state index contributed by atoms with van der Waals surface area (Å²) in [5, 5.41) is 18.9. The van der Waals surface area contributed by atoms with Crippen molar-refractivity contribution in [2.75, 3.05) is 5.32 Å². The van der Waals surface area contributed by atoms with Crippen LogP contribution in [0.1, 0.15) is 22.5 Å². The second-order valence-electron chi connectivity index (χ2n) is 3.83. The van der Waals surface area contributed by atoms with Crippen molar-refractivity contribution in [3.63, 3.8) is 0 Å². The van der Waals surface area contributed by atoms with E-state index < -0.39 is 0 Å². The first-order valence-electron chi connectivity index (χ1n) is 5.31. The summed E-state index contributed by atoms with van der Waals surface area (Å²) >= 11 is 0. The Morgan fingerprint density at radius 2 is 2.24 bits per heavy atom. The van der Waals surface area contributed by atoms with Gasteiger partial charge < -0.3 is 5.32 Å². The third-order valence-electron chi connectivity index (χ3n) is 2.54. The molecule has 17 heavy (non-hydrogen) atoms. The second-order valence-corrected chi connectivity index (χ2v) is 3.83. The quantitative estimate of drug-likeness (QED) is 0.839. The Hall–Kier alpha value is -2.35. The molecule has 0 unspecified atom stereocenters. The second kappa shape index (κ2) is 4.66. The number of aryl methyl sites for hydroxylation is 2. The number of hydrogen-bond donors (Lipinski definition) is 2. The fraction of sp³-hybridized carbons (Fsp3) is 0.250. The molecule has 0 aliphatic rings. The van der Waals surface area contributed by atoms with E-state index in [0.29, 0.717) is 17.9 Å². The molecule has 0 aliphatic carbocycles. The largest absolute Gasteiger partial charge is 0.365 e. The van der Waals surface area contributed by atoms with Gasteiger partial charge in [-0.05, 0) is 26.0 Å². The molecule has 0 radical (unpaired) electrons. The Labute approximate surface area is 99.5 Å². The Bertz CT molecular complexity index is 565. The van der Waals surface area contributed by atoms with Crippen molar-refractivity contribution in [3.05, 3.63) is 40.8 Å². The molecule has 2 heterocycles. The fourth-order valence-corrected chi connectivity index (χ4v) is 1.51. The minimum Gasteiger partial charge on any atom is -0.365 e. The third kappa shape index (κ3) is 2.42. The third-order valence-corrected chi connectivity index (χ3v) is 2.54. The van der Waals surface area contributed by atoms with Crippen molar-refractivity contribution in [1.82, 2.24) is 15.2 Å². The Balaban J connectivity index is 2.17. The number of anilines is 1. The zero-order valence-electron chi connectivity index (χ0n) is 9.78. The average molecular weight is 227 g/mol. The molecule has 5 nitrogen and oxygen atoms in total. The lowest BCUT2D eigenvalue weighted by Crippen LogP contribution is -2.04. The van der Waals surface area contributed by atoms with Gasteiger partial charge in [0.25, 0.3) is 0 Å². The van der Waals surface area contributed by atoms with Gasteiger partial charge in [-0.25, -0.2) is 4.98 Å². The van der Waals surface area contributed by atoms with Gasteiger partial charge in [0.1, 0.15) is 11.9 Å². The van der Waals surface area contributed by atoms with Crippen LogP contribution in [0.5, 0.6) is 0 Å². The number of nitrogens with zero attached hydrogens (tertiary/aromatic N) is 3. The van der Waals surface area contributed by atoms with Crippen LogP contribution >= 0.6 is 0 Å². The normalized spacial score (nSPS) is 9.94. The number of nitrogens with one attached hydrogen (secondary N) is 2. The fourth-order valence-electron chi connectivity index (χ4n) is 1.51. The van der Waals surface area contributed by atoms with Gasteiger partial charge in [-0.15, -0.1) is 0 Å². The molecule has 5 heteroatoms. The van der Waals surface area contributed by atoms with Crippen LogP contribution in [0.2, 0.25) is 0 Å². The molecule has 0 fully saturated rings. The number of H-pyrrole nitrogens is 1. The lowest BCUT2D eigenvalue weighted by atomic mass is 10.2. The highest BCUT2D eigenvalue weighted by Crippen LogP contribution is 2.14. The van der Waals surface area contributed by atoms with Crippen LogP contribution in [0.15, 0.2) is 18.3 Å². The number of pyridine rings is 1. The summed E-state index contributed by atoms with van der Waals surface area (Å²) in [6.07, 6.45) is 1.77. The molecule has 0 aromatic carbocycles. The van der Waals surface area contributed by atoms with Crippen LogP contribution in [-0.4, -0.2) is 15.2 Å². The van der Waals surface area contributed by atoms with Gasteiger partial charge in [-0.3, -0.25) is 5.10 Å². The van der Waals surface area contributed by atoms with E-state index in [1.165, 1.54) is 0 Å². The van der Waals surface area contributed by atoms with E-state index >= 15 is 0 Å². The number of aromatic nitrogens is 3. The highest BCUT2D eigenvalue weighted by molar-refractivity contribution is 5.52. The maximum absolute atomic E-state index is 8.97. The summed E-state index contributed by atoms with van der Waals surface area (Å²) < 4.78 is 0. The topological polar surface area (TPSA) is 77.4 Å². The van der Waals surface area contributed by atoms with E-state index in [1.807, 2.05) is 19.9 Å². The molecular formula is C12H13N5. The van der Waals surface area contributed by atoms with Crippen LogP contribution in [0.25, 0.3) is 0 Å². The lowest BCUT2D eigenvalue weighted by Gasteiger charge is -2.07. The summed E-state index contributed by atoms with van der Waals surface area (Å²) in [6, 6.07) is 5.72. The summed E-state index contributed by atoms with van der Waals surface area (Å²) in [4.78, 5) is 4.31. The van der Waals surface area contributed by atoms with Gasteiger partial charge >= 0.3 is 0 Å². The van der Waals surface area contributed by atoms with Crippen molar-refractivity contribution in [3.8, 4) is 6.07 Å². The number of rotatable bonds is 3. The highest BCUT2D eigenvalue weighted by atomic mass is 15.1. The Kier molecular flexibility index (Phi) is 3.06. The molecule has 2 rings (SSSR count). The predicted octanol–water partition coefficient (Wildman–Crippen LogP) is 1.91. The van der Waals surface area contributed by atoms with Crippen LogP contribution in [0.3, 0.4) is 0 Å². The lowest BCUT2D eigenvalue weighted by molar-refractivity contribution is 1.03. The van der Waals surface area contributed by atoms with E-state index in [1.54, 1.807) is 12.3 Å². The molecule has 0 saturated carbocycles. The minimum atomic E-state index is 0.553. The molecule has 0 amide bonds. The zero-order chi connectivity index (χ0) is 12.3. The number of hydrogen-bond acceptors (Lipinski definition) is 4. The van der Waals surface area contributed by atoms with E-state index in [4.69, 9.17) is 5.26 Å². The van der Waals surface area contributed by atoms with Gasteiger partial charge in [0, 0.05) is 23.5 Å². The maximum Gasteiger partial charge on any atom is 0.144 e. The SMILES string of the molecule is Cc1ccc(C#N)c(NCc2cn[nH]c2C)n1. The van der Waals surface area contributed by atoms with Crippen molar-refractivity contribution in [2.45, 2.75) is 20.4 Å². The van der Waals surface area contributed by atoms with E-state index in [-0.39, 0.29) is 0 Å². The van der Waals surface area contributed by atoms with Crippen LogP contribution in [0.4, 0.5) is 5.82 Å². The van der Waals surface area contributed by atoms with Crippen LogP contribution < -0.4 is 5.32 Å².